The van der Waals surface area contributed by atoms with Gasteiger partial charge in [0.2, 0.25) is 5.91 Å². The maximum Gasteiger partial charge on any atom is 0.228 e. The predicted octanol–water partition coefficient (Wildman–Crippen LogP) is 1.38. The van der Waals surface area contributed by atoms with Gasteiger partial charge in [0.05, 0.1) is 5.92 Å². The van der Waals surface area contributed by atoms with E-state index in [9.17, 15) is 4.79 Å². The molecule has 1 unspecified atom stereocenters. The fraction of sp³-hybridized carbons (Fsp3) is 0.308. The average Bonchev–Trinajstić information content (AvgIpc) is 2.78. The van der Waals surface area contributed by atoms with Crippen molar-refractivity contribution in [2.45, 2.75) is 12.3 Å². The van der Waals surface area contributed by atoms with Crippen molar-refractivity contribution in [2.75, 3.05) is 13.7 Å². The second-order valence-corrected chi connectivity index (χ2v) is 3.99. The second kappa shape index (κ2) is 5.01. The molecule has 0 radical (unpaired) electrons. The molecule has 1 aromatic heterocycles. The van der Waals surface area contributed by atoms with E-state index in [2.05, 4.69) is 10.3 Å². The van der Waals surface area contributed by atoms with Crippen molar-refractivity contribution < 1.29 is 9.90 Å². The number of aliphatic hydroxyl groups excluding tert-OH is 1. The Morgan fingerprint density at radius 2 is 2.24 bits per heavy atom. The molecule has 3 N–H and O–H groups in total. The molecule has 0 bridgehead atoms. The van der Waals surface area contributed by atoms with Crippen LogP contribution in [0.5, 0.6) is 0 Å². The molecular formula is C13H16N2O2. The molecule has 4 heteroatoms. The number of hydrogen-bond donors (Lipinski definition) is 3. The fourth-order valence-corrected chi connectivity index (χ4v) is 2.01. The first-order valence-electron chi connectivity index (χ1n) is 5.66. The lowest BCUT2D eigenvalue weighted by Gasteiger charge is -2.12. The van der Waals surface area contributed by atoms with Crippen molar-refractivity contribution in [1.82, 2.24) is 10.3 Å². The van der Waals surface area contributed by atoms with Crippen molar-refractivity contribution in [3.63, 3.8) is 0 Å². The Kier molecular flexibility index (Phi) is 3.44. The molecule has 2 rings (SSSR count). The van der Waals surface area contributed by atoms with Crippen LogP contribution in [0.3, 0.4) is 0 Å². The van der Waals surface area contributed by atoms with Gasteiger partial charge < -0.3 is 15.4 Å². The molecule has 2 aromatic rings. The standard InChI is InChI=1S/C13H16N2O2/c1-14-13(17)10(6-7-16)12-8-9-4-2-3-5-11(9)15-12/h2-5,8,10,15-16H,6-7H2,1H3,(H,14,17). The summed E-state index contributed by atoms with van der Waals surface area (Å²) in [6, 6.07) is 9.84. The van der Waals surface area contributed by atoms with Gasteiger partial charge in [-0.25, -0.2) is 0 Å². The van der Waals surface area contributed by atoms with Crippen LogP contribution >= 0.6 is 0 Å². The van der Waals surface area contributed by atoms with Crippen molar-refractivity contribution in [3.05, 3.63) is 36.0 Å². The number of aromatic amines is 1. The number of hydrogen-bond acceptors (Lipinski definition) is 2. The molecule has 0 spiro atoms. The maximum atomic E-state index is 11.7. The largest absolute Gasteiger partial charge is 0.396 e. The van der Waals surface area contributed by atoms with E-state index < -0.39 is 0 Å². The number of benzene rings is 1. The van der Waals surface area contributed by atoms with Crippen LogP contribution in [-0.2, 0) is 4.79 Å². The average molecular weight is 232 g/mol. The zero-order valence-corrected chi connectivity index (χ0v) is 9.73. The van der Waals surface area contributed by atoms with Crippen LogP contribution in [0.15, 0.2) is 30.3 Å². The van der Waals surface area contributed by atoms with Gasteiger partial charge in [0.15, 0.2) is 0 Å². The van der Waals surface area contributed by atoms with Gasteiger partial charge >= 0.3 is 0 Å². The molecule has 0 aliphatic rings. The number of para-hydroxylation sites is 1. The Balaban J connectivity index is 2.38. The quantitative estimate of drug-likeness (QED) is 0.745. The summed E-state index contributed by atoms with van der Waals surface area (Å²) in [4.78, 5) is 15.0. The fourth-order valence-electron chi connectivity index (χ4n) is 2.01. The molecule has 4 nitrogen and oxygen atoms in total. The first-order chi connectivity index (χ1) is 8.26. The van der Waals surface area contributed by atoms with Crippen molar-refractivity contribution in [1.29, 1.82) is 0 Å². The van der Waals surface area contributed by atoms with Crippen LogP contribution in [0, 0.1) is 0 Å². The summed E-state index contributed by atoms with van der Waals surface area (Å²) in [7, 11) is 1.61. The molecule has 1 heterocycles. The number of carbonyl (C=O) groups is 1. The Morgan fingerprint density at radius 3 is 2.88 bits per heavy atom. The molecule has 0 saturated heterocycles. The van der Waals surface area contributed by atoms with Gasteiger partial charge in [-0.1, -0.05) is 18.2 Å². The van der Waals surface area contributed by atoms with Gasteiger partial charge in [0, 0.05) is 24.9 Å². The zero-order valence-electron chi connectivity index (χ0n) is 9.73. The topological polar surface area (TPSA) is 65.1 Å². The highest BCUT2D eigenvalue weighted by molar-refractivity contribution is 5.86. The van der Waals surface area contributed by atoms with Crippen molar-refractivity contribution in [2.24, 2.45) is 0 Å². The molecule has 1 atom stereocenters. The molecule has 1 amide bonds. The summed E-state index contributed by atoms with van der Waals surface area (Å²) in [5.74, 6) is -0.400. The number of aromatic nitrogens is 1. The van der Waals surface area contributed by atoms with Crippen LogP contribution < -0.4 is 5.32 Å². The van der Waals surface area contributed by atoms with Gasteiger partial charge in [-0.15, -0.1) is 0 Å². The molecule has 1 aromatic carbocycles. The first-order valence-corrected chi connectivity index (χ1v) is 5.66. The summed E-state index contributed by atoms with van der Waals surface area (Å²) in [5.41, 5.74) is 1.86. The number of carbonyl (C=O) groups excluding carboxylic acids is 1. The summed E-state index contributed by atoms with van der Waals surface area (Å²) in [5, 5.41) is 12.7. The van der Waals surface area contributed by atoms with Crippen molar-refractivity contribution in [3.8, 4) is 0 Å². The number of rotatable bonds is 4. The lowest BCUT2D eigenvalue weighted by molar-refractivity contribution is -0.122. The number of H-pyrrole nitrogens is 1. The van der Waals surface area contributed by atoms with E-state index in [1.54, 1.807) is 7.05 Å². The van der Waals surface area contributed by atoms with E-state index in [1.165, 1.54) is 0 Å². The Hall–Kier alpha value is -1.81. The van der Waals surface area contributed by atoms with Crippen LogP contribution in [0.1, 0.15) is 18.0 Å². The van der Waals surface area contributed by atoms with Crippen LogP contribution in [0.2, 0.25) is 0 Å². The van der Waals surface area contributed by atoms with E-state index in [-0.39, 0.29) is 18.4 Å². The van der Waals surface area contributed by atoms with Crippen LogP contribution in [0.25, 0.3) is 10.9 Å². The minimum Gasteiger partial charge on any atom is -0.396 e. The third kappa shape index (κ3) is 2.31. The molecule has 0 saturated carbocycles. The van der Waals surface area contributed by atoms with Gasteiger partial charge in [-0.3, -0.25) is 4.79 Å². The Bertz CT molecular complexity index is 486. The molecule has 0 aliphatic carbocycles. The highest BCUT2D eigenvalue weighted by Gasteiger charge is 2.20. The number of aliphatic hydroxyl groups is 1. The molecule has 90 valence electrons. The van der Waals surface area contributed by atoms with E-state index >= 15 is 0 Å². The van der Waals surface area contributed by atoms with Gasteiger partial charge in [-0.2, -0.15) is 0 Å². The maximum absolute atomic E-state index is 11.7. The van der Waals surface area contributed by atoms with E-state index in [0.717, 1.165) is 16.6 Å². The SMILES string of the molecule is CNC(=O)C(CCO)c1cc2ccccc2[nH]1. The predicted molar refractivity (Wildman–Crippen MR) is 66.8 cm³/mol. The lowest BCUT2D eigenvalue weighted by atomic mass is 10.0. The highest BCUT2D eigenvalue weighted by atomic mass is 16.3. The number of nitrogens with one attached hydrogen (secondary N) is 2. The minimum absolute atomic E-state index is 0.00650. The number of amides is 1. The summed E-state index contributed by atoms with van der Waals surface area (Å²) < 4.78 is 0. The molecular weight excluding hydrogens is 216 g/mol. The van der Waals surface area contributed by atoms with E-state index in [0.29, 0.717) is 6.42 Å². The second-order valence-electron chi connectivity index (χ2n) is 3.99. The third-order valence-corrected chi connectivity index (χ3v) is 2.91. The highest BCUT2D eigenvalue weighted by Crippen LogP contribution is 2.23. The number of likely N-dealkylation sites (N-methyl/N-ethyl adjacent to an activating group) is 1. The summed E-state index contributed by atoms with van der Waals surface area (Å²) in [6.45, 7) is -0.00650. The van der Waals surface area contributed by atoms with Gasteiger partial charge in [0.1, 0.15) is 0 Å². The summed E-state index contributed by atoms with van der Waals surface area (Å²) in [6.07, 6.45) is 0.423. The third-order valence-electron chi connectivity index (χ3n) is 2.91. The molecule has 17 heavy (non-hydrogen) atoms. The van der Waals surface area contributed by atoms with Crippen LogP contribution in [-0.4, -0.2) is 29.7 Å². The number of fused-ring (bicyclic) bond motifs is 1. The zero-order chi connectivity index (χ0) is 12.3. The monoisotopic (exact) mass is 232 g/mol. The first kappa shape index (κ1) is 11.7. The summed E-state index contributed by atoms with van der Waals surface area (Å²) >= 11 is 0. The van der Waals surface area contributed by atoms with Crippen LogP contribution in [0.4, 0.5) is 0 Å². The molecule has 0 fully saturated rings. The minimum atomic E-state index is -0.322. The van der Waals surface area contributed by atoms with Gasteiger partial charge in [0.25, 0.3) is 0 Å². The van der Waals surface area contributed by atoms with E-state index in [4.69, 9.17) is 5.11 Å². The Morgan fingerprint density at radius 1 is 1.47 bits per heavy atom. The Labute approximate surface area is 99.7 Å². The molecule has 0 aliphatic heterocycles. The van der Waals surface area contributed by atoms with Crippen molar-refractivity contribution >= 4 is 16.8 Å². The lowest BCUT2D eigenvalue weighted by Crippen LogP contribution is -2.26. The smallest absolute Gasteiger partial charge is 0.228 e. The van der Waals surface area contributed by atoms with Gasteiger partial charge in [-0.05, 0) is 23.9 Å². The normalized spacial score (nSPS) is 12.6. The van der Waals surface area contributed by atoms with E-state index in [1.807, 2.05) is 30.3 Å².